The summed E-state index contributed by atoms with van der Waals surface area (Å²) < 4.78 is 4.91. The SMILES string of the molecule is CCOC(=O)CCCC1CCNCC1C. The van der Waals surface area contributed by atoms with Gasteiger partial charge < -0.3 is 10.1 Å². The molecule has 0 amide bonds. The molecular weight excluding hydrogens is 190 g/mol. The summed E-state index contributed by atoms with van der Waals surface area (Å²) in [6.07, 6.45) is 3.99. The first-order chi connectivity index (χ1) is 7.24. The number of esters is 1. The van der Waals surface area contributed by atoms with Crippen LogP contribution in [0.2, 0.25) is 0 Å². The van der Waals surface area contributed by atoms with Gasteiger partial charge in [-0.05, 0) is 51.1 Å². The van der Waals surface area contributed by atoms with Crippen molar-refractivity contribution in [3.8, 4) is 0 Å². The number of nitrogens with one attached hydrogen (secondary N) is 1. The molecule has 1 saturated heterocycles. The first-order valence-electron chi connectivity index (χ1n) is 6.10. The van der Waals surface area contributed by atoms with Crippen LogP contribution < -0.4 is 5.32 Å². The van der Waals surface area contributed by atoms with Gasteiger partial charge in [-0.2, -0.15) is 0 Å². The Hall–Kier alpha value is -0.570. The lowest BCUT2D eigenvalue weighted by Crippen LogP contribution is -2.35. The molecule has 1 heterocycles. The van der Waals surface area contributed by atoms with Gasteiger partial charge in [0.05, 0.1) is 6.61 Å². The third kappa shape index (κ3) is 4.65. The van der Waals surface area contributed by atoms with Crippen molar-refractivity contribution >= 4 is 5.97 Å². The number of piperidine rings is 1. The minimum Gasteiger partial charge on any atom is -0.466 e. The van der Waals surface area contributed by atoms with Crippen molar-refractivity contribution in [2.24, 2.45) is 11.8 Å². The summed E-state index contributed by atoms with van der Waals surface area (Å²) in [6, 6.07) is 0. The van der Waals surface area contributed by atoms with E-state index in [0.717, 1.165) is 31.3 Å². The Bertz CT molecular complexity index is 194. The molecule has 1 N–H and O–H groups in total. The highest BCUT2D eigenvalue weighted by Crippen LogP contribution is 2.24. The van der Waals surface area contributed by atoms with Crippen molar-refractivity contribution in [3.63, 3.8) is 0 Å². The average Bonchev–Trinajstić information content (AvgIpc) is 2.21. The highest BCUT2D eigenvalue weighted by Gasteiger charge is 2.20. The van der Waals surface area contributed by atoms with Crippen LogP contribution in [0.4, 0.5) is 0 Å². The lowest BCUT2D eigenvalue weighted by atomic mass is 9.84. The van der Waals surface area contributed by atoms with E-state index in [4.69, 9.17) is 4.74 Å². The van der Waals surface area contributed by atoms with Gasteiger partial charge in [-0.25, -0.2) is 0 Å². The topological polar surface area (TPSA) is 38.3 Å². The molecule has 0 bridgehead atoms. The summed E-state index contributed by atoms with van der Waals surface area (Å²) in [5.41, 5.74) is 0. The number of rotatable bonds is 5. The molecule has 0 aromatic carbocycles. The van der Waals surface area contributed by atoms with E-state index in [-0.39, 0.29) is 5.97 Å². The van der Waals surface area contributed by atoms with Gasteiger partial charge in [0.25, 0.3) is 0 Å². The molecule has 0 aliphatic carbocycles. The maximum Gasteiger partial charge on any atom is 0.305 e. The predicted octanol–water partition coefficient (Wildman–Crippen LogP) is 1.97. The second kappa shape index (κ2) is 6.83. The maximum atomic E-state index is 11.1. The van der Waals surface area contributed by atoms with E-state index in [1.165, 1.54) is 12.8 Å². The van der Waals surface area contributed by atoms with Crippen molar-refractivity contribution in [1.29, 1.82) is 0 Å². The molecule has 1 rings (SSSR count). The first kappa shape index (κ1) is 12.5. The summed E-state index contributed by atoms with van der Waals surface area (Å²) in [5, 5.41) is 3.39. The van der Waals surface area contributed by atoms with E-state index < -0.39 is 0 Å². The van der Waals surface area contributed by atoms with Gasteiger partial charge in [0, 0.05) is 6.42 Å². The molecular formula is C12H23NO2. The molecule has 0 aromatic rings. The molecule has 2 unspecified atom stereocenters. The minimum absolute atomic E-state index is 0.0425. The number of hydrogen-bond acceptors (Lipinski definition) is 3. The van der Waals surface area contributed by atoms with Gasteiger partial charge in [0.2, 0.25) is 0 Å². The van der Waals surface area contributed by atoms with E-state index in [2.05, 4.69) is 12.2 Å². The quantitative estimate of drug-likeness (QED) is 0.710. The largest absolute Gasteiger partial charge is 0.466 e. The zero-order valence-electron chi connectivity index (χ0n) is 9.92. The highest BCUT2D eigenvalue weighted by molar-refractivity contribution is 5.69. The summed E-state index contributed by atoms with van der Waals surface area (Å²) in [5.74, 6) is 1.50. The normalized spacial score (nSPS) is 26.3. The monoisotopic (exact) mass is 213 g/mol. The Kier molecular flexibility index (Phi) is 5.69. The Labute approximate surface area is 92.6 Å². The second-order valence-electron chi connectivity index (χ2n) is 4.43. The zero-order chi connectivity index (χ0) is 11.1. The fourth-order valence-corrected chi connectivity index (χ4v) is 2.24. The minimum atomic E-state index is -0.0425. The van der Waals surface area contributed by atoms with E-state index in [0.29, 0.717) is 13.0 Å². The summed E-state index contributed by atoms with van der Waals surface area (Å²) >= 11 is 0. The van der Waals surface area contributed by atoms with Gasteiger partial charge in [-0.3, -0.25) is 4.79 Å². The Balaban J connectivity index is 2.10. The number of ether oxygens (including phenoxy) is 1. The number of carbonyl (C=O) groups is 1. The van der Waals surface area contributed by atoms with Gasteiger partial charge in [-0.1, -0.05) is 6.92 Å². The second-order valence-corrected chi connectivity index (χ2v) is 4.43. The number of carbonyl (C=O) groups excluding carboxylic acids is 1. The van der Waals surface area contributed by atoms with Crippen LogP contribution in [0.1, 0.15) is 39.5 Å². The molecule has 3 heteroatoms. The third-order valence-corrected chi connectivity index (χ3v) is 3.22. The van der Waals surface area contributed by atoms with Gasteiger partial charge in [-0.15, -0.1) is 0 Å². The lowest BCUT2D eigenvalue weighted by Gasteiger charge is -2.29. The third-order valence-electron chi connectivity index (χ3n) is 3.22. The molecule has 0 radical (unpaired) electrons. The van der Waals surface area contributed by atoms with Crippen molar-refractivity contribution in [2.45, 2.75) is 39.5 Å². The molecule has 15 heavy (non-hydrogen) atoms. The Morgan fingerprint density at radius 3 is 3.00 bits per heavy atom. The average molecular weight is 213 g/mol. The zero-order valence-corrected chi connectivity index (χ0v) is 9.92. The van der Waals surface area contributed by atoms with Gasteiger partial charge >= 0.3 is 5.97 Å². The Morgan fingerprint density at radius 1 is 1.53 bits per heavy atom. The van der Waals surface area contributed by atoms with Crippen molar-refractivity contribution in [2.75, 3.05) is 19.7 Å². The van der Waals surface area contributed by atoms with Crippen LogP contribution in [-0.2, 0) is 9.53 Å². The molecule has 1 aliphatic heterocycles. The highest BCUT2D eigenvalue weighted by atomic mass is 16.5. The van der Waals surface area contributed by atoms with Crippen LogP contribution in [0.15, 0.2) is 0 Å². The summed E-state index contributed by atoms with van der Waals surface area (Å²) in [7, 11) is 0. The van der Waals surface area contributed by atoms with Crippen LogP contribution in [0, 0.1) is 11.8 Å². The van der Waals surface area contributed by atoms with Gasteiger partial charge in [0.1, 0.15) is 0 Å². The Morgan fingerprint density at radius 2 is 2.33 bits per heavy atom. The summed E-state index contributed by atoms with van der Waals surface area (Å²) in [4.78, 5) is 11.1. The first-order valence-corrected chi connectivity index (χ1v) is 6.10. The fraction of sp³-hybridized carbons (Fsp3) is 0.917. The standard InChI is InChI=1S/C12H23NO2/c1-3-15-12(14)6-4-5-11-7-8-13-9-10(11)2/h10-11,13H,3-9H2,1-2H3. The molecule has 2 atom stereocenters. The van der Waals surface area contributed by atoms with Crippen molar-refractivity contribution in [1.82, 2.24) is 5.32 Å². The van der Waals surface area contributed by atoms with Crippen LogP contribution in [0.5, 0.6) is 0 Å². The van der Waals surface area contributed by atoms with E-state index in [9.17, 15) is 4.79 Å². The van der Waals surface area contributed by atoms with Crippen LogP contribution >= 0.6 is 0 Å². The molecule has 0 aromatic heterocycles. The van der Waals surface area contributed by atoms with Crippen molar-refractivity contribution < 1.29 is 9.53 Å². The van der Waals surface area contributed by atoms with E-state index in [1.807, 2.05) is 6.92 Å². The van der Waals surface area contributed by atoms with Gasteiger partial charge in [0.15, 0.2) is 0 Å². The molecule has 1 aliphatic rings. The number of hydrogen-bond donors (Lipinski definition) is 1. The smallest absolute Gasteiger partial charge is 0.305 e. The molecule has 1 fully saturated rings. The summed E-state index contributed by atoms with van der Waals surface area (Å²) in [6.45, 7) is 6.91. The predicted molar refractivity (Wildman–Crippen MR) is 60.6 cm³/mol. The van der Waals surface area contributed by atoms with E-state index in [1.54, 1.807) is 0 Å². The molecule has 88 valence electrons. The van der Waals surface area contributed by atoms with Crippen LogP contribution in [-0.4, -0.2) is 25.7 Å². The van der Waals surface area contributed by atoms with Crippen molar-refractivity contribution in [3.05, 3.63) is 0 Å². The van der Waals surface area contributed by atoms with Crippen LogP contribution in [0.3, 0.4) is 0 Å². The maximum absolute atomic E-state index is 11.1. The fourth-order valence-electron chi connectivity index (χ4n) is 2.24. The van der Waals surface area contributed by atoms with Crippen LogP contribution in [0.25, 0.3) is 0 Å². The molecule has 3 nitrogen and oxygen atoms in total. The molecule has 0 spiro atoms. The molecule has 0 saturated carbocycles. The van der Waals surface area contributed by atoms with E-state index >= 15 is 0 Å². The lowest BCUT2D eigenvalue weighted by molar-refractivity contribution is -0.143.